The van der Waals surface area contributed by atoms with Gasteiger partial charge in [0.05, 0.1) is 0 Å². The van der Waals surface area contributed by atoms with Crippen molar-refractivity contribution >= 4 is 29.4 Å². The van der Waals surface area contributed by atoms with Crippen LogP contribution in [0.1, 0.15) is 18.9 Å². The molecule has 1 amide bonds. The van der Waals surface area contributed by atoms with Gasteiger partial charge in [0.25, 0.3) is 5.91 Å². The quantitative estimate of drug-likeness (QED) is 0.680. The topological polar surface area (TPSA) is 52.9 Å². The van der Waals surface area contributed by atoms with Crippen molar-refractivity contribution in [2.24, 2.45) is 4.99 Å². The number of aliphatic imine (C=N–C) groups is 1. The molecule has 0 atom stereocenters. The van der Waals surface area contributed by atoms with E-state index in [-0.39, 0.29) is 11.7 Å². The predicted molar refractivity (Wildman–Crippen MR) is 76.2 cm³/mol. The Balaban J connectivity index is 2.18. The number of hydrogen-bond donors (Lipinski definition) is 1. The summed E-state index contributed by atoms with van der Waals surface area (Å²) in [5.41, 5.74) is 1.25. The average Bonchev–Trinajstić information content (AvgIpc) is 2.65. The summed E-state index contributed by atoms with van der Waals surface area (Å²) in [6, 6.07) is 6.63. The third kappa shape index (κ3) is 3.15. The van der Waals surface area contributed by atoms with Crippen LogP contribution in [0.25, 0.3) is 6.08 Å². The zero-order chi connectivity index (χ0) is 13.8. The predicted octanol–water partition coefficient (Wildman–Crippen LogP) is 2.62. The maximum atomic E-state index is 12.1. The fraction of sp³-hybridized carbons (Fsp3) is 0.286. The number of aromatic hydroxyl groups is 1. The highest BCUT2D eigenvalue weighted by atomic mass is 35.5. The van der Waals surface area contributed by atoms with Crippen molar-refractivity contribution < 1.29 is 9.90 Å². The lowest BCUT2D eigenvalue weighted by Crippen LogP contribution is -2.31. The number of amidine groups is 1. The first-order valence-electron chi connectivity index (χ1n) is 6.05. The van der Waals surface area contributed by atoms with Gasteiger partial charge in [-0.3, -0.25) is 9.69 Å². The van der Waals surface area contributed by atoms with Crippen LogP contribution in [0.2, 0.25) is 0 Å². The maximum absolute atomic E-state index is 12.1. The van der Waals surface area contributed by atoms with Gasteiger partial charge in [-0.2, -0.15) is 0 Å². The summed E-state index contributed by atoms with van der Waals surface area (Å²) in [6.45, 7) is 2.40. The van der Waals surface area contributed by atoms with Gasteiger partial charge >= 0.3 is 0 Å². The molecular formula is C14H15ClN2O2. The molecular weight excluding hydrogens is 264 g/mol. The summed E-state index contributed by atoms with van der Waals surface area (Å²) >= 11 is 5.64. The van der Waals surface area contributed by atoms with Crippen LogP contribution in [-0.2, 0) is 4.79 Å². The third-order valence-electron chi connectivity index (χ3n) is 2.85. The van der Waals surface area contributed by atoms with Crippen LogP contribution in [-0.4, -0.2) is 34.2 Å². The van der Waals surface area contributed by atoms with Gasteiger partial charge in [0.2, 0.25) is 0 Å². The molecule has 0 fully saturated rings. The van der Waals surface area contributed by atoms with Crippen molar-refractivity contribution in [3.8, 4) is 5.75 Å². The molecule has 0 radical (unpaired) electrons. The van der Waals surface area contributed by atoms with E-state index in [2.05, 4.69) is 4.99 Å². The molecule has 0 saturated heterocycles. The van der Waals surface area contributed by atoms with E-state index in [0.717, 1.165) is 12.0 Å². The van der Waals surface area contributed by atoms with Crippen LogP contribution in [0, 0.1) is 0 Å². The number of alkyl halides is 1. The lowest BCUT2D eigenvalue weighted by atomic mass is 10.2. The van der Waals surface area contributed by atoms with Crippen molar-refractivity contribution in [1.29, 1.82) is 0 Å². The lowest BCUT2D eigenvalue weighted by Gasteiger charge is -2.14. The third-order valence-corrected chi connectivity index (χ3v) is 3.12. The van der Waals surface area contributed by atoms with Crippen molar-refractivity contribution in [2.45, 2.75) is 13.3 Å². The zero-order valence-electron chi connectivity index (χ0n) is 10.6. The monoisotopic (exact) mass is 278 g/mol. The first-order valence-corrected chi connectivity index (χ1v) is 6.59. The number of halogens is 1. The molecule has 0 spiro atoms. The Labute approximate surface area is 117 Å². The Hall–Kier alpha value is -1.81. The van der Waals surface area contributed by atoms with E-state index in [1.807, 2.05) is 6.92 Å². The minimum Gasteiger partial charge on any atom is -0.508 e. The highest BCUT2D eigenvalue weighted by Gasteiger charge is 2.26. The van der Waals surface area contributed by atoms with Gasteiger partial charge in [0.15, 0.2) is 0 Å². The van der Waals surface area contributed by atoms with Crippen LogP contribution in [0.5, 0.6) is 5.75 Å². The first kappa shape index (κ1) is 13.6. The smallest absolute Gasteiger partial charge is 0.277 e. The zero-order valence-corrected chi connectivity index (χ0v) is 11.4. The highest BCUT2D eigenvalue weighted by Crippen LogP contribution is 2.19. The number of phenols is 1. The van der Waals surface area contributed by atoms with E-state index >= 15 is 0 Å². The molecule has 0 aromatic heterocycles. The van der Waals surface area contributed by atoms with Gasteiger partial charge in [-0.05, 0) is 37.1 Å². The molecule has 1 aliphatic heterocycles. The molecule has 100 valence electrons. The Kier molecular flexibility index (Phi) is 4.22. The Morgan fingerprint density at radius 3 is 2.68 bits per heavy atom. The fourth-order valence-corrected chi connectivity index (χ4v) is 1.99. The van der Waals surface area contributed by atoms with Gasteiger partial charge in [-0.1, -0.05) is 12.1 Å². The highest BCUT2D eigenvalue weighted by molar-refractivity contribution is 6.18. The minimum atomic E-state index is -0.101. The molecule has 1 heterocycles. The van der Waals surface area contributed by atoms with Gasteiger partial charge in [-0.25, -0.2) is 4.99 Å². The average molecular weight is 279 g/mol. The lowest BCUT2D eigenvalue weighted by molar-refractivity contribution is -0.122. The molecule has 0 aliphatic carbocycles. The second-order valence-electron chi connectivity index (χ2n) is 4.28. The van der Waals surface area contributed by atoms with Crippen LogP contribution in [0.15, 0.2) is 35.0 Å². The largest absolute Gasteiger partial charge is 0.508 e. The van der Waals surface area contributed by atoms with E-state index in [9.17, 15) is 9.90 Å². The Morgan fingerprint density at radius 2 is 2.05 bits per heavy atom. The van der Waals surface area contributed by atoms with Gasteiger partial charge < -0.3 is 5.11 Å². The number of nitrogens with zero attached hydrogens (tertiary/aromatic N) is 2. The molecule has 0 bridgehead atoms. The number of rotatable bonds is 4. The summed E-state index contributed by atoms with van der Waals surface area (Å²) in [5.74, 6) is 1.31. The number of benzene rings is 1. The fourth-order valence-electron chi connectivity index (χ4n) is 1.87. The van der Waals surface area contributed by atoms with Crippen molar-refractivity contribution in [1.82, 2.24) is 4.90 Å². The number of amides is 1. The van der Waals surface area contributed by atoms with Crippen molar-refractivity contribution in [3.63, 3.8) is 0 Å². The molecule has 0 unspecified atom stereocenters. The van der Waals surface area contributed by atoms with E-state index in [0.29, 0.717) is 24.0 Å². The van der Waals surface area contributed by atoms with Crippen LogP contribution < -0.4 is 0 Å². The van der Waals surface area contributed by atoms with E-state index < -0.39 is 0 Å². The van der Waals surface area contributed by atoms with Crippen molar-refractivity contribution in [3.05, 3.63) is 35.5 Å². The van der Waals surface area contributed by atoms with Gasteiger partial charge in [-0.15, -0.1) is 11.6 Å². The summed E-state index contributed by atoms with van der Waals surface area (Å²) in [5, 5.41) is 9.21. The molecule has 19 heavy (non-hydrogen) atoms. The molecule has 1 N–H and O–H groups in total. The second-order valence-corrected chi connectivity index (χ2v) is 4.66. The maximum Gasteiger partial charge on any atom is 0.277 e. The molecule has 4 nitrogen and oxygen atoms in total. The first-order chi connectivity index (χ1) is 9.11. The summed E-state index contributed by atoms with van der Waals surface area (Å²) in [4.78, 5) is 18.0. The standard InChI is InChI=1S/C14H15ClN2O2/c1-10-16-13(14(19)17(10)8-2-7-15)9-11-3-5-12(18)6-4-11/h3-6,9,18H,2,7-8H2,1H3/b13-9-. The molecule has 2 rings (SSSR count). The number of phenolic OH excluding ortho intramolecular Hbond substituents is 1. The minimum absolute atomic E-state index is 0.101. The molecule has 0 saturated carbocycles. The molecule has 1 aromatic rings. The number of hydrogen-bond acceptors (Lipinski definition) is 3. The molecule has 1 aromatic carbocycles. The Bertz CT molecular complexity index is 535. The van der Waals surface area contributed by atoms with Crippen LogP contribution >= 0.6 is 11.6 Å². The Morgan fingerprint density at radius 1 is 1.37 bits per heavy atom. The van der Waals surface area contributed by atoms with E-state index in [1.165, 1.54) is 0 Å². The number of carbonyl (C=O) groups excluding carboxylic acids is 1. The van der Waals surface area contributed by atoms with Gasteiger partial charge in [0.1, 0.15) is 17.3 Å². The van der Waals surface area contributed by atoms with Crippen LogP contribution in [0.3, 0.4) is 0 Å². The normalized spacial score (nSPS) is 17.2. The summed E-state index contributed by atoms with van der Waals surface area (Å²) in [6.07, 6.45) is 2.46. The molecule has 1 aliphatic rings. The molecule has 5 heteroatoms. The van der Waals surface area contributed by atoms with Crippen molar-refractivity contribution in [2.75, 3.05) is 12.4 Å². The van der Waals surface area contributed by atoms with E-state index in [4.69, 9.17) is 11.6 Å². The second kappa shape index (κ2) is 5.89. The van der Waals surface area contributed by atoms with Gasteiger partial charge in [0, 0.05) is 12.4 Å². The number of carbonyl (C=O) groups is 1. The SMILES string of the molecule is CC1=N/C(=C\c2ccc(O)cc2)C(=O)N1CCCCl. The summed E-state index contributed by atoms with van der Waals surface area (Å²) in [7, 11) is 0. The van der Waals surface area contributed by atoms with E-state index in [1.54, 1.807) is 35.2 Å². The van der Waals surface area contributed by atoms with Crippen LogP contribution in [0.4, 0.5) is 0 Å². The summed E-state index contributed by atoms with van der Waals surface area (Å²) < 4.78 is 0.